The zero-order chi connectivity index (χ0) is 21.3. The number of nitrogens with one attached hydrogen (secondary N) is 2. The largest absolute Gasteiger partial charge is 0.416 e. The van der Waals surface area contributed by atoms with Crippen LogP contribution in [0.15, 0.2) is 29.1 Å². The molecule has 2 N–H and O–H groups in total. The Morgan fingerprint density at radius 1 is 1.14 bits per heavy atom. The summed E-state index contributed by atoms with van der Waals surface area (Å²) in [4.78, 5) is 19.5. The van der Waals surface area contributed by atoms with Gasteiger partial charge < -0.3 is 5.32 Å². The second-order valence-electron chi connectivity index (χ2n) is 6.79. The Kier molecular flexibility index (Phi) is 5.50. The maximum atomic E-state index is 13.3. The molecule has 9 heteroatoms. The maximum absolute atomic E-state index is 13.3. The van der Waals surface area contributed by atoms with E-state index in [1.54, 1.807) is 19.9 Å². The number of H-pyrrole nitrogens is 1. The third-order valence-corrected chi connectivity index (χ3v) is 4.89. The van der Waals surface area contributed by atoms with Gasteiger partial charge in [-0.25, -0.2) is 4.98 Å². The van der Waals surface area contributed by atoms with Crippen LogP contribution in [-0.4, -0.2) is 19.7 Å². The molecule has 0 aliphatic rings. The lowest BCUT2D eigenvalue weighted by Crippen LogP contribution is -2.21. The summed E-state index contributed by atoms with van der Waals surface area (Å²) in [7, 11) is 0. The third kappa shape index (κ3) is 4.03. The summed E-state index contributed by atoms with van der Waals surface area (Å²) >= 11 is 0. The fourth-order valence-electron chi connectivity index (χ4n) is 3.21. The molecular weight excluding hydrogens is 383 g/mol. The predicted molar refractivity (Wildman–Crippen MR) is 104 cm³/mol. The van der Waals surface area contributed by atoms with Crippen LogP contribution in [0.25, 0.3) is 5.95 Å². The molecule has 0 spiro atoms. The summed E-state index contributed by atoms with van der Waals surface area (Å²) in [5.74, 6) is 0.693. The smallest absolute Gasteiger partial charge is 0.366 e. The summed E-state index contributed by atoms with van der Waals surface area (Å²) in [6.07, 6.45) is -3.89. The van der Waals surface area contributed by atoms with Crippen LogP contribution >= 0.6 is 0 Å². The lowest BCUT2D eigenvalue weighted by Gasteiger charge is -2.15. The normalized spacial score (nSPS) is 11.7. The van der Waals surface area contributed by atoms with Gasteiger partial charge in [-0.1, -0.05) is 25.1 Å². The molecule has 1 aromatic carbocycles. The van der Waals surface area contributed by atoms with Crippen molar-refractivity contribution in [1.82, 2.24) is 19.7 Å². The number of aromatic amines is 1. The van der Waals surface area contributed by atoms with Gasteiger partial charge in [-0.15, -0.1) is 0 Å². The molecular formula is C20H22F3N5O. The molecule has 0 aliphatic heterocycles. The number of hydrogen-bond acceptors (Lipinski definition) is 4. The van der Waals surface area contributed by atoms with Gasteiger partial charge in [0.25, 0.3) is 5.56 Å². The van der Waals surface area contributed by atoms with Crippen LogP contribution in [0.4, 0.5) is 19.0 Å². The SMILES string of the molecule is CCc1c(C)nc(-n2nc(C)c(C)c2NCc2ccccc2C(F)(F)F)[nH]c1=O. The zero-order valence-corrected chi connectivity index (χ0v) is 16.6. The Labute approximate surface area is 165 Å². The van der Waals surface area contributed by atoms with E-state index in [0.717, 1.165) is 11.6 Å². The van der Waals surface area contributed by atoms with Gasteiger partial charge in [0.1, 0.15) is 5.82 Å². The molecule has 0 aliphatic carbocycles. The molecule has 0 amide bonds. The summed E-state index contributed by atoms with van der Waals surface area (Å²) in [5.41, 5.74) is 1.78. The van der Waals surface area contributed by atoms with Crippen LogP contribution in [-0.2, 0) is 19.1 Å². The van der Waals surface area contributed by atoms with E-state index in [0.29, 0.717) is 29.2 Å². The van der Waals surface area contributed by atoms with Crippen molar-refractivity contribution in [3.05, 3.63) is 68.3 Å². The zero-order valence-electron chi connectivity index (χ0n) is 16.6. The number of nitrogens with zero attached hydrogens (tertiary/aromatic N) is 3. The first-order chi connectivity index (χ1) is 13.6. The number of aromatic nitrogens is 4. The van der Waals surface area contributed by atoms with Crippen LogP contribution in [0.5, 0.6) is 0 Å². The summed E-state index contributed by atoms with van der Waals surface area (Å²) < 4.78 is 41.2. The van der Waals surface area contributed by atoms with Crippen molar-refractivity contribution in [2.75, 3.05) is 5.32 Å². The van der Waals surface area contributed by atoms with Crippen molar-refractivity contribution in [1.29, 1.82) is 0 Å². The van der Waals surface area contributed by atoms with Crippen molar-refractivity contribution in [2.45, 2.75) is 46.8 Å². The topological polar surface area (TPSA) is 75.6 Å². The van der Waals surface area contributed by atoms with E-state index in [4.69, 9.17) is 0 Å². The van der Waals surface area contributed by atoms with Crippen molar-refractivity contribution >= 4 is 5.82 Å². The van der Waals surface area contributed by atoms with Crippen LogP contribution in [0, 0.1) is 20.8 Å². The fraction of sp³-hybridized carbons (Fsp3) is 0.350. The molecule has 0 saturated carbocycles. The Hall–Kier alpha value is -3.10. The molecule has 3 rings (SSSR count). The molecule has 29 heavy (non-hydrogen) atoms. The number of benzene rings is 1. The number of aryl methyl sites for hydroxylation is 2. The van der Waals surface area contributed by atoms with E-state index in [2.05, 4.69) is 20.4 Å². The van der Waals surface area contributed by atoms with Crippen molar-refractivity contribution in [3.63, 3.8) is 0 Å². The van der Waals surface area contributed by atoms with E-state index >= 15 is 0 Å². The van der Waals surface area contributed by atoms with E-state index in [1.807, 2.05) is 13.8 Å². The first kappa shape index (κ1) is 20.6. The Morgan fingerprint density at radius 2 is 1.83 bits per heavy atom. The number of halogens is 3. The highest BCUT2D eigenvalue weighted by atomic mass is 19.4. The number of anilines is 1. The van der Waals surface area contributed by atoms with E-state index < -0.39 is 11.7 Å². The lowest BCUT2D eigenvalue weighted by atomic mass is 10.1. The van der Waals surface area contributed by atoms with Gasteiger partial charge in [0.15, 0.2) is 0 Å². The quantitative estimate of drug-likeness (QED) is 0.671. The minimum absolute atomic E-state index is 0.0576. The van der Waals surface area contributed by atoms with Gasteiger partial charge in [-0.2, -0.15) is 23.0 Å². The van der Waals surface area contributed by atoms with Crippen LogP contribution in [0.3, 0.4) is 0 Å². The summed E-state index contributed by atoms with van der Waals surface area (Å²) in [6.45, 7) is 7.14. The summed E-state index contributed by atoms with van der Waals surface area (Å²) in [6, 6.07) is 5.41. The van der Waals surface area contributed by atoms with E-state index in [9.17, 15) is 18.0 Å². The predicted octanol–water partition coefficient (Wildman–Crippen LogP) is 4.07. The molecule has 2 heterocycles. The molecule has 0 saturated heterocycles. The molecule has 0 atom stereocenters. The van der Waals surface area contributed by atoms with Crippen LogP contribution < -0.4 is 10.9 Å². The standard InChI is InChI=1S/C20H22F3N5O/c1-5-15-13(4)25-19(26-18(15)29)28-17(11(2)12(3)27-28)24-10-14-8-6-7-9-16(14)20(21,22)23/h6-9,24H,5,10H2,1-4H3,(H,25,26,29). The minimum Gasteiger partial charge on any atom is -0.366 e. The number of hydrogen-bond donors (Lipinski definition) is 2. The first-order valence-electron chi connectivity index (χ1n) is 9.18. The molecule has 0 bridgehead atoms. The molecule has 3 aromatic rings. The fourth-order valence-corrected chi connectivity index (χ4v) is 3.21. The third-order valence-electron chi connectivity index (χ3n) is 4.89. The average molecular weight is 405 g/mol. The molecule has 2 aromatic heterocycles. The van der Waals surface area contributed by atoms with Gasteiger partial charge in [0.05, 0.1) is 11.3 Å². The molecule has 0 unspecified atom stereocenters. The molecule has 0 radical (unpaired) electrons. The number of rotatable bonds is 5. The van der Waals surface area contributed by atoms with Crippen LogP contribution in [0.2, 0.25) is 0 Å². The maximum Gasteiger partial charge on any atom is 0.416 e. The van der Waals surface area contributed by atoms with Crippen LogP contribution in [0.1, 0.15) is 40.6 Å². The highest BCUT2D eigenvalue weighted by molar-refractivity contribution is 5.51. The second-order valence-corrected chi connectivity index (χ2v) is 6.79. The van der Waals surface area contributed by atoms with Gasteiger partial charge in [0.2, 0.25) is 5.95 Å². The van der Waals surface area contributed by atoms with E-state index in [-0.39, 0.29) is 23.6 Å². The van der Waals surface area contributed by atoms with Crippen molar-refractivity contribution < 1.29 is 13.2 Å². The van der Waals surface area contributed by atoms with Gasteiger partial charge in [-0.05, 0) is 38.8 Å². The average Bonchev–Trinajstić information content (AvgIpc) is 2.93. The minimum atomic E-state index is -4.44. The Morgan fingerprint density at radius 3 is 2.45 bits per heavy atom. The highest BCUT2D eigenvalue weighted by Gasteiger charge is 2.32. The van der Waals surface area contributed by atoms with Gasteiger partial charge in [-0.3, -0.25) is 9.78 Å². The lowest BCUT2D eigenvalue weighted by molar-refractivity contribution is -0.138. The summed E-state index contributed by atoms with van der Waals surface area (Å²) in [5, 5.41) is 7.44. The van der Waals surface area contributed by atoms with E-state index in [1.165, 1.54) is 16.8 Å². The molecule has 6 nitrogen and oxygen atoms in total. The molecule has 0 fully saturated rings. The van der Waals surface area contributed by atoms with Crippen molar-refractivity contribution in [2.24, 2.45) is 0 Å². The Balaban J connectivity index is 2.01. The monoisotopic (exact) mass is 405 g/mol. The highest BCUT2D eigenvalue weighted by Crippen LogP contribution is 2.32. The van der Waals surface area contributed by atoms with Gasteiger partial charge in [0, 0.05) is 23.4 Å². The van der Waals surface area contributed by atoms with Crippen molar-refractivity contribution in [3.8, 4) is 5.95 Å². The Bertz CT molecular complexity index is 1100. The number of alkyl halides is 3. The molecule has 154 valence electrons. The first-order valence-corrected chi connectivity index (χ1v) is 9.18. The second kappa shape index (κ2) is 7.73. The van der Waals surface area contributed by atoms with Gasteiger partial charge >= 0.3 is 6.18 Å².